The number of imide groups is 1. The van der Waals surface area contributed by atoms with E-state index in [1.165, 1.54) is 15.8 Å². The van der Waals surface area contributed by atoms with Crippen molar-refractivity contribution in [2.24, 2.45) is 5.92 Å². The molecule has 2 aliphatic heterocycles. The van der Waals surface area contributed by atoms with Gasteiger partial charge in [0.05, 0.1) is 12.2 Å². The van der Waals surface area contributed by atoms with E-state index in [2.05, 4.69) is 44.6 Å². The summed E-state index contributed by atoms with van der Waals surface area (Å²) in [7, 11) is 0. The molecule has 1 aromatic carbocycles. The van der Waals surface area contributed by atoms with Crippen LogP contribution in [0.1, 0.15) is 37.4 Å². The number of urea groups is 1. The predicted molar refractivity (Wildman–Crippen MR) is 123 cm³/mol. The highest BCUT2D eigenvalue weighted by Gasteiger charge is 2.54. The number of rotatable bonds is 6. The normalized spacial score (nSPS) is 22.6. The molecule has 2 aromatic heterocycles. The van der Waals surface area contributed by atoms with Crippen LogP contribution < -0.4 is 5.32 Å². The molecule has 4 heterocycles. The van der Waals surface area contributed by atoms with Crippen LogP contribution in [0, 0.1) is 5.92 Å². The molecule has 0 spiro atoms. The molecule has 3 aromatic rings. The summed E-state index contributed by atoms with van der Waals surface area (Å²) >= 11 is 0. The zero-order valence-electron chi connectivity index (χ0n) is 18.4. The average molecular weight is 432 g/mol. The minimum Gasteiger partial charge on any atom is -0.361 e. The summed E-state index contributed by atoms with van der Waals surface area (Å²) < 4.78 is 0. The maximum Gasteiger partial charge on any atom is 0.325 e. The number of aromatic amines is 1. The van der Waals surface area contributed by atoms with Gasteiger partial charge < -0.3 is 10.3 Å². The van der Waals surface area contributed by atoms with Gasteiger partial charge in [-0.3, -0.25) is 19.6 Å². The molecular formula is C25H29N5O2. The van der Waals surface area contributed by atoms with Crippen molar-refractivity contribution in [1.29, 1.82) is 0 Å². The Morgan fingerprint density at radius 1 is 1.06 bits per heavy atom. The number of likely N-dealkylation sites (tertiary alicyclic amines) is 1. The van der Waals surface area contributed by atoms with Crippen LogP contribution >= 0.6 is 0 Å². The Kier molecular flexibility index (Phi) is 5.43. The number of hydrogen-bond acceptors (Lipinski definition) is 4. The maximum atomic E-state index is 13.5. The van der Waals surface area contributed by atoms with Crippen LogP contribution in [-0.2, 0) is 17.9 Å². The highest BCUT2D eigenvalue weighted by molar-refractivity contribution is 6.07. The lowest BCUT2D eigenvalue weighted by molar-refractivity contribution is -0.134. The summed E-state index contributed by atoms with van der Waals surface area (Å²) in [6, 6.07) is 13.6. The fraction of sp³-hybridized carbons (Fsp3) is 0.400. The Balaban J connectivity index is 1.26. The minimum absolute atomic E-state index is 0.106. The van der Waals surface area contributed by atoms with Crippen molar-refractivity contribution in [2.45, 2.75) is 44.8 Å². The van der Waals surface area contributed by atoms with E-state index >= 15 is 0 Å². The van der Waals surface area contributed by atoms with E-state index in [0.717, 1.165) is 43.7 Å². The van der Waals surface area contributed by atoms with Crippen LogP contribution in [0.4, 0.5) is 4.79 Å². The molecule has 0 radical (unpaired) electrons. The number of piperidine rings is 1. The van der Waals surface area contributed by atoms with E-state index in [-0.39, 0.29) is 24.4 Å². The summed E-state index contributed by atoms with van der Waals surface area (Å²) in [6.07, 6.45) is 6.16. The largest absolute Gasteiger partial charge is 0.361 e. The van der Waals surface area contributed by atoms with E-state index in [0.29, 0.717) is 6.42 Å². The van der Waals surface area contributed by atoms with Crippen LogP contribution in [0.15, 0.2) is 54.9 Å². The van der Waals surface area contributed by atoms with Gasteiger partial charge in [-0.15, -0.1) is 0 Å². The van der Waals surface area contributed by atoms with Crippen molar-refractivity contribution in [3.8, 4) is 0 Å². The Labute approximate surface area is 187 Å². The van der Waals surface area contributed by atoms with Crippen molar-refractivity contribution >= 4 is 22.8 Å². The molecule has 1 unspecified atom stereocenters. The highest BCUT2D eigenvalue weighted by atomic mass is 16.2. The van der Waals surface area contributed by atoms with E-state index in [9.17, 15) is 9.59 Å². The molecular weight excluding hydrogens is 402 g/mol. The van der Waals surface area contributed by atoms with Gasteiger partial charge >= 0.3 is 6.03 Å². The van der Waals surface area contributed by atoms with E-state index in [1.54, 1.807) is 6.20 Å². The first-order chi connectivity index (χ1) is 15.6. The zero-order valence-corrected chi connectivity index (χ0v) is 18.4. The number of carbonyl (C=O) groups is 2. The Morgan fingerprint density at radius 2 is 1.84 bits per heavy atom. The van der Waals surface area contributed by atoms with Gasteiger partial charge in [0.15, 0.2) is 0 Å². The number of carbonyl (C=O) groups excluding carboxylic acids is 2. The molecule has 2 fully saturated rings. The number of fused-ring (bicyclic) bond motifs is 1. The van der Waals surface area contributed by atoms with Gasteiger partial charge in [0.2, 0.25) is 0 Å². The van der Waals surface area contributed by atoms with Gasteiger partial charge in [-0.2, -0.15) is 0 Å². The van der Waals surface area contributed by atoms with Crippen molar-refractivity contribution in [2.75, 3.05) is 13.1 Å². The average Bonchev–Trinajstić information content (AvgIpc) is 3.34. The van der Waals surface area contributed by atoms with Gasteiger partial charge in [0.25, 0.3) is 5.91 Å². The smallest absolute Gasteiger partial charge is 0.325 e. The van der Waals surface area contributed by atoms with Gasteiger partial charge in [0, 0.05) is 29.8 Å². The molecule has 0 bridgehead atoms. The molecule has 1 atom stereocenters. The van der Waals surface area contributed by atoms with Gasteiger partial charge in [-0.05, 0) is 62.0 Å². The lowest BCUT2D eigenvalue weighted by atomic mass is 9.75. The summed E-state index contributed by atoms with van der Waals surface area (Å²) in [5.41, 5.74) is 2.38. The first-order valence-corrected chi connectivity index (χ1v) is 11.4. The van der Waals surface area contributed by atoms with E-state index in [1.807, 2.05) is 31.2 Å². The molecule has 0 aliphatic carbocycles. The number of amides is 3. The van der Waals surface area contributed by atoms with Crippen molar-refractivity contribution in [1.82, 2.24) is 25.1 Å². The van der Waals surface area contributed by atoms with Gasteiger partial charge in [-0.25, -0.2) is 4.79 Å². The molecule has 2 N–H and O–H groups in total. The van der Waals surface area contributed by atoms with E-state index < -0.39 is 5.54 Å². The molecule has 32 heavy (non-hydrogen) atoms. The molecule has 3 amide bonds. The van der Waals surface area contributed by atoms with Crippen molar-refractivity contribution in [3.05, 3.63) is 66.1 Å². The monoisotopic (exact) mass is 431 g/mol. The van der Waals surface area contributed by atoms with Crippen LogP contribution in [0.5, 0.6) is 0 Å². The number of nitrogens with zero attached hydrogens (tertiary/aromatic N) is 3. The molecule has 0 saturated carbocycles. The topological polar surface area (TPSA) is 81.3 Å². The first-order valence-electron chi connectivity index (χ1n) is 11.4. The maximum absolute atomic E-state index is 13.5. The van der Waals surface area contributed by atoms with E-state index in [4.69, 9.17) is 0 Å². The number of H-pyrrole nitrogens is 1. The molecule has 166 valence electrons. The second-order valence-electron chi connectivity index (χ2n) is 8.88. The van der Waals surface area contributed by atoms with Gasteiger partial charge in [0.1, 0.15) is 5.54 Å². The Bertz CT molecular complexity index is 1120. The van der Waals surface area contributed by atoms with Crippen LogP contribution in [-0.4, -0.2) is 50.3 Å². The lowest BCUT2D eigenvalue weighted by Gasteiger charge is -2.40. The highest BCUT2D eigenvalue weighted by Crippen LogP contribution is 2.37. The molecule has 2 aliphatic rings. The van der Waals surface area contributed by atoms with Crippen molar-refractivity contribution in [3.63, 3.8) is 0 Å². The van der Waals surface area contributed by atoms with Crippen molar-refractivity contribution < 1.29 is 9.59 Å². The van der Waals surface area contributed by atoms with Crippen LogP contribution in [0.25, 0.3) is 10.9 Å². The number of para-hydroxylation sites is 1. The number of pyridine rings is 1. The Hall–Kier alpha value is -3.19. The standard InChI is InChI=1S/C25H29N5O2/c1-2-25(23(31)30(24(32)28-25)17-20-7-5-6-12-26-20)19-10-13-29(14-11-19)16-18-15-27-22-9-4-3-8-21(18)22/h3-9,12,15,19,27H,2,10-11,13-14,16-17H2,1H3,(H,28,32). The third-order valence-corrected chi connectivity index (χ3v) is 7.16. The minimum atomic E-state index is -0.807. The lowest BCUT2D eigenvalue weighted by Crippen LogP contribution is -2.55. The predicted octanol–water partition coefficient (Wildman–Crippen LogP) is 3.68. The number of nitrogens with one attached hydrogen (secondary N) is 2. The number of aromatic nitrogens is 2. The van der Waals surface area contributed by atoms with Crippen LogP contribution in [0.3, 0.4) is 0 Å². The first kappa shape index (κ1) is 20.7. The Morgan fingerprint density at radius 3 is 2.59 bits per heavy atom. The fourth-order valence-corrected chi connectivity index (χ4v) is 5.33. The third kappa shape index (κ3) is 3.56. The summed E-state index contributed by atoms with van der Waals surface area (Å²) in [5.74, 6) is 0.0302. The summed E-state index contributed by atoms with van der Waals surface area (Å²) in [5, 5.41) is 4.34. The molecule has 7 heteroatoms. The van der Waals surface area contributed by atoms with Gasteiger partial charge in [-0.1, -0.05) is 31.2 Å². The number of hydrogen-bond donors (Lipinski definition) is 2. The SMILES string of the molecule is CCC1(C2CCN(Cc3c[nH]c4ccccc34)CC2)NC(=O)N(Cc2ccccn2)C1=O. The molecule has 2 saturated heterocycles. The fourth-order valence-electron chi connectivity index (χ4n) is 5.33. The molecule has 5 rings (SSSR count). The summed E-state index contributed by atoms with van der Waals surface area (Å²) in [6.45, 7) is 4.93. The molecule has 7 nitrogen and oxygen atoms in total. The number of benzene rings is 1. The summed E-state index contributed by atoms with van der Waals surface area (Å²) in [4.78, 5) is 37.6. The quantitative estimate of drug-likeness (QED) is 0.584. The van der Waals surface area contributed by atoms with Crippen LogP contribution in [0.2, 0.25) is 0 Å². The zero-order chi connectivity index (χ0) is 22.1. The second kappa shape index (κ2) is 8.39. The second-order valence-corrected chi connectivity index (χ2v) is 8.88. The third-order valence-electron chi connectivity index (χ3n) is 7.16.